The SMILES string of the molecule is O=P(Cl)(OCC(Cl)(Cl)Cl)SCC(Cl)(Cl)Cl. The second-order valence-corrected chi connectivity index (χ2v) is 13.1. The Morgan fingerprint density at radius 3 is 1.87 bits per heavy atom. The molecule has 0 rings (SSSR count). The number of hydrogen-bond acceptors (Lipinski definition) is 3. The van der Waals surface area contributed by atoms with Crippen molar-refractivity contribution in [2.75, 3.05) is 12.4 Å². The fraction of sp³-hybridized carbons (Fsp3) is 1.00. The first-order chi connectivity index (χ1) is 6.41. The predicted octanol–water partition coefficient (Wildman–Crippen LogP) is 5.82. The van der Waals surface area contributed by atoms with E-state index in [9.17, 15) is 4.57 Å². The van der Waals surface area contributed by atoms with Gasteiger partial charge in [0.25, 0.3) is 0 Å². The molecule has 15 heavy (non-hydrogen) atoms. The van der Waals surface area contributed by atoms with Crippen molar-refractivity contribution in [3.05, 3.63) is 0 Å². The molecule has 0 bridgehead atoms. The molecule has 0 N–H and O–H groups in total. The predicted molar refractivity (Wildman–Crippen MR) is 72.4 cm³/mol. The topological polar surface area (TPSA) is 26.3 Å². The molecule has 0 aliphatic rings. The lowest BCUT2D eigenvalue weighted by atomic mass is 10.9. The first kappa shape index (κ1) is 17.6. The minimum Gasteiger partial charge on any atom is -0.305 e. The zero-order chi connectivity index (χ0) is 12.3. The van der Waals surface area contributed by atoms with Crippen molar-refractivity contribution >= 4 is 98.2 Å². The van der Waals surface area contributed by atoms with Crippen LogP contribution in [-0.2, 0) is 9.09 Å². The van der Waals surface area contributed by atoms with Crippen molar-refractivity contribution in [1.82, 2.24) is 0 Å². The maximum atomic E-state index is 11.5. The maximum Gasteiger partial charge on any atom is 0.346 e. The van der Waals surface area contributed by atoms with Gasteiger partial charge in [-0.1, -0.05) is 69.6 Å². The molecule has 0 radical (unpaired) electrons. The third-order valence-electron chi connectivity index (χ3n) is 0.765. The van der Waals surface area contributed by atoms with Gasteiger partial charge in [0, 0.05) is 0 Å². The number of halogens is 7. The van der Waals surface area contributed by atoms with Crippen molar-refractivity contribution in [3.63, 3.8) is 0 Å². The van der Waals surface area contributed by atoms with Crippen LogP contribution < -0.4 is 0 Å². The average Bonchev–Trinajstić information content (AvgIpc) is 1.96. The van der Waals surface area contributed by atoms with Gasteiger partial charge in [-0.3, -0.25) is 4.57 Å². The summed E-state index contributed by atoms with van der Waals surface area (Å²) in [7, 11) is 0. The number of hydrogen-bond donors (Lipinski definition) is 0. The summed E-state index contributed by atoms with van der Waals surface area (Å²) in [6.45, 7) is -0.411. The molecule has 0 saturated heterocycles. The molecule has 92 valence electrons. The molecule has 0 amide bonds. The van der Waals surface area contributed by atoms with Crippen molar-refractivity contribution < 1.29 is 9.09 Å². The minimum absolute atomic E-state index is 0.0989. The molecule has 0 aromatic heterocycles. The zero-order valence-electron chi connectivity index (χ0n) is 6.73. The van der Waals surface area contributed by atoms with E-state index in [2.05, 4.69) is 0 Å². The Balaban J connectivity index is 4.04. The quantitative estimate of drug-likeness (QED) is 0.443. The summed E-state index contributed by atoms with van der Waals surface area (Å²) < 4.78 is 12.9. The van der Waals surface area contributed by atoms with E-state index in [1.165, 1.54) is 0 Å². The summed E-state index contributed by atoms with van der Waals surface area (Å²) in [6, 6.07) is 0. The van der Waals surface area contributed by atoms with Crippen LogP contribution in [-0.4, -0.2) is 19.9 Å². The van der Waals surface area contributed by atoms with E-state index in [4.69, 9.17) is 85.4 Å². The van der Waals surface area contributed by atoms with Crippen LogP contribution in [0.2, 0.25) is 0 Å². The molecule has 2 nitrogen and oxygen atoms in total. The standard InChI is InChI=1S/C4H4Cl7O2PS/c5-3(6,7)1-13-14(11,12)15-2-4(8,9)10/h1-2H2. The van der Waals surface area contributed by atoms with Gasteiger partial charge in [0.2, 0.25) is 3.79 Å². The van der Waals surface area contributed by atoms with Crippen LogP contribution in [0.15, 0.2) is 0 Å². The maximum absolute atomic E-state index is 11.5. The minimum atomic E-state index is -3.50. The molecule has 0 aromatic rings. The van der Waals surface area contributed by atoms with Gasteiger partial charge < -0.3 is 4.52 Å². The van der Waals surface area contributed by atoms with Gasteiger partial charge in [-0.05, 0) is 22.6 Å². The highest BCUT2D eigenvalue weighted by Gasteiger charge is 2.31. The normalized spacial score (nSPS) is 17.5. The summed E-state index contributed by atoms with van der Waals surface area (Å²) in [5, 5.41) is 0. The van der Waals surface area contributed by atoms with Crippen LogP contribution in [0.3, 0.4) is 0 Å². The van der Waals surface area contributed by atoms with Gasteiger partial charge in [0.1, 0.15) is 6.61 Å². The van der Waals surface area contributed by atoms with Crippen LogP contribution in [0.5, 0.6) is 0 Å². The van der Waals surface area contributed by atoms with Crippen molar-refractivity contribution in [2.24, 2.45) is 0 Å². The summed E-state index contributed by atoms with van der Waals surface area (Å²) in [5.74, 6) is -3.60. The second kappa shape index (κ2) is 6.65. The summed E-state index contributed by atoms with van der Waals surface area (Å²) in [6.07, 6.45) is 0. The smallest absolute Gasteiger partial charge is 0.305 e. The van der Waals surface area contributed by atoms with Crippen LogP contribution in [0.25, 0.3) is 0 Å². The van der Waals surface area contributed by atoms with Gasteiger partial charge >= 0.3 is 5.92 Å². The van der Waals surface area contributed by atoms with Crippen molar-refractivity contribution in [3.8, 4) is 0 Å². The molecule has 0 spiro atoms. The Morgan fingerprint density at radius 1 is 1.07 bits per heavy atom. The van der Waals surface area contributed by atoms with Crippen LogP contribution in [0.4, 0.5) is 0 Å². The molecular formula is C4H4Cl7O2PS. The first-order valence-corrected chi connectivity index (χ1v) is 9.52. The Bertz CT molecular complexity index is 226. The van der Waals surface area contributed by atoms with Crippen molar-refractivity contribution in [1.29, 1.82) is 0 Å². The van der Waals surface area contributed by atoms with E-state index < -0.39 is 20.1 Å². The van der Waals surface area contributed by atoms with E-state index in [1.807, 2.05) is 0 Å². The molecule has 0 saturated carbocycles. The van der Waals surface area contributed by atoms with E-state index in [0.29, 0.717) is 11.4 Å². The van der Waals surface area contributed by atoms with Gasteiger partial charge in [0.05, 0.1) is 5.75 Å². The fourth-order valence-corrected chi connectivity index (χ4v) is 4.64. The number of rotatable bonds is 4. The third kappa shape index (κ3) is 12.8. The zero-order valence-corrected chi connectivity index (χ0v) is 13.7. The summed E-state index contributed by atoms with van der Waals surface area (Å²) >= 11 is 38.5. The largest absolute Gasteiger partial charge is 0.346 e. The Labute approximate surface area is 126 Å². The van der Waals surface area contributed by atoms with E-state index in [0.717, 1.165) is 0 Å². The summed E-state index contributed by atoms with van der Waals surface area (Å²) in [5.41, 5.74) is 0. The second-order valence-electron chi connectivity index (χ2n) is 2.21. The first-order valence-electron chi connectivity index (χ1n) is 3.14. The van der Waals surface area contributed by atoms with E-state index in [1.54, 1.807) is 0 Å². The van der Waals surface area contributed by atoms with Crippen molar-refractivity contribution in [2.45, 2.75) is 7.59 Å². The molecule has 1 atom stereocenters. The molecule has 11 heteroatoms. The lowest BCUT2D eigenvalue weighted by molar-refractivity contribution is 0.342. The monoisotopic (exact) mass is 392 g/mol. The highest BCUT2D eigenvalue weighted by Crippen LogP contribution is 2.66. The highest BCUT2D eigenvalue weighted by atomic mass is 35.7. The molecular weight excluding hydrogens is 391 g/mol. The molecule has 0 aliphatic heterocycles. The molecule has 1 unspecified atom stereocenters. The number of alkyl halides is 6. The van der Waals surface area contributed by atoms with Gasteiger partial charge in [-0.2, -0.15) is 0 Å². The van der Waals surface area contributed by atoms with Gasteiger partial charge in [-0.25, -0.2) is 0 Å². The van der Waals surface area contributed by atoms with Crippen LogP contribution in [0, 0.1) is 0 Å². The van der Waals surface area contributed by atoms with Gasteiger partial charge in [-0.15, -0.1) is 0 Å². The Morgan fingerprint density at radius 2 is 1.53 bits per heavy atom. The van der Waals surface area contributed by atoms with Crippen LogP contribution >= 0.6 is 98.2 Å². The van der Waals surface area contributed by atoms with Gasteiger partial charge in [0.15, 0.2) is 3.79 Å². The Kier molecular flexibility index (Phi) is 7.79. The molecule has 0 aromatic carbocycles. The average molecular weight is 395 g/mol. The molecule has 0 aliphatic carbocycles. The highest BCUT2D eigenvalue weighted by molar-refractivity contribution is 8.63. The molecule has 0 fully saturated rings. The Hall–Kier alpha value is 2.57. The summed E-state index contributed by atoms with van der Waals surface area (Å²) in [4.78, 5) is 0. The molecule has 0 heterocycles. The lowest BCUT2D eigenvalue weighted by Gasteiger charge is -2.16. The fourth-order valence-electron chi connectivity index (χ4n) is 0.338. The third-order valence-corrected chi connectivity index (χ3v) is 6.08. The van der Waals surface area contributed by atoms with E-state index >= 15 is 0 Å². The van der Waals surface area contributed by atoms with E-state index in [-0.39, 0.29) is 5.75 Å². The van der Waals surface area contributed by atoms with Crippen LogP contribution in [0.1, 0.15) is 0 Å². The lowest BCUT2D eigenvalue weighted by Crippen LogP contribution is -2.11.